The van der Waals surface area contributed by atoms with E-state index in [1.165, 1.54) is 6.92 Å². The van der Waals surface area contributed by atoms with Gasteiger partial charge in [0.25, 0.3) is 0 Å². The van der Waals surface area contributed by atoms with Crippen LogP contribution in [0.2, 0.25) is 0 Å². The van der Waals surface area contributed by atoms with Crippen molar-refractivity contribution < 1.29 is 35.9 Å². The lowest BCUT2D eigenvalue weighted by molar-refractivity contribution is -0.145. The fraction of sp³-hybridized carbons (Fsp3) is 0.286. The average molecular weight is 365 g/mol. The third-order valence-corrected chi connectivity index (χ3v) is 2.89. The summed E-state index contributed by atoms with van der Waals surface area (Å²) in [7, 11) is 0. The first-order chi connectivity index (χ1) is 11.5. The zero-order chi connectivity index (χ0) is 18.8. The SMILES string of the molecule is CCOC(=O)c1cc(-c2cnc(C(F)(F)F)nc2)cnc1C(F)(F)F. The molecule has 2 heterocycles. The lowest BCUT2D eigenvalue weighted by Gasteiger charge is -2.12. The van der Waals surface area contributed by atoms with E-state index in [9.17, 15) is 31.1 Å². The monoisotopic (exact) mass is 365 g/mol. The van der Waals surface area contributed by atoms with Crippen LogP contribution in [0.3, 0.4) is 0 Å². The van der Waals surface area contributed by atoms with Crippen LogP contribution < -0.4 is 0 Å². The molecular weight excluding hydrogens is 356 g/mol. The Bertz CT molecular complexity index is 772. The van der Waals surface area contributed by atoms with E-state index in [4.69, 9.17) is 0 Å². The molecule has 0 saturated carbocycles. The molecule has 0 aliphatic carbocycles. The Morgan fingerprint density at radius 3 is 2.00 bits per heavy atom. The minimum Gasteiger partial charge on any atom is -0.462 e. The predicted octanol–water partition coefficient (Wildman–Crippen LogP) is 3.75. The first-order valence-corrected chi connectivity index (χ1v) is 6.68. The van der Waals surface area contributed by atoms with Crippen molar-refractivity contribution in [1.82, 2.24) is 15.0 Å². The van der Waals surface area contributed by atoms with E-state index < -0.39 is 35.4 Å². The van der Waals surface area contributed by atoms with Crippen LogP contribution in [0, 0.1) is 0 Å². The van der Waals surface area contributed by atoms with E-state index in [0.29, 0.717) is 0 Å². The second-order valence-corrected chi connectivity index (χ2v) is 4.63. The van der Waals surface area contributed by atoms with Gasteiger partial charge in [0.05, 0.1) is 12.2 Å². The van der Waals surface area contributed by atoms with Crippen molar-refractivity contribution in [2.75, 3.05) is 6.61 Å². The smallest absolute Gasteiger partial charge is 0.451 e. The molecule has 2 aromatic heterocycles. The molecule has 2 rings (SSSR count). The van der Waals surface area contributed by atoms with Crippen molar-refractivity contribution in [3.8, 4) is 11.1 Å². The quantitative estimate of drug-likeness (QED) is 0.612. The summed E-state index contributed by atoms with van der Waals surface area (Å²) in [6, 6.07) is 0.819. The van der Waals surface area contributed by atoms with E-state index in [1.807, 2.05) is 0 Å². The Labute approximate surface area is 136 Å². The number of carbonyl (C=O) groups excluding carboxylic acids is 1. The van der Waals surface area contributed by atoms with Gasteiger partial charge in [-0.3, -0.25) is 4.98 Å². The summed E-state index contributed by atoms with van der Waals surface area (Å²) in [5, 5.41) is 0. The molecule has 0 atom stereocenters. The lowest BCUT2D eigenvalue weighted by atomic mass is 10.1. The van der Waals surface area contributed by atoms with Crippen molar-refractivity contribution in [3.63, 3.8) is 0 Å². The number of hydrogen-bond donors (Lipinski definition) is 0. The first-order valence-electron chi connectivity index (χ1n) is 6.68. The van der Waals surface area contributed by atoms with Crippen molar-refractivity contribution in [1.29, 1.82) is 0 Å². The topological polar surface area (TPSA) is 65.0 Å². The number of ether oxygens (including phenoxy) is 1. The summed E-state index contributed by atoms with van der Waals surface area (Å²) in [6.07, 6.45) is -7.36. The van der Waals surface area contributed by atoms with E-state index in [0.717, 1.165) is 24.7 Å². The van der Waals surface area contributed by atoms with Gasteiger partial charge in [0.15, 0.2) is 5.69 Å². The average Bonchev–Trinajstić information content (AvgIpc) is 2.53. The third-order valence-electron chi connectivity index (χ3n) is 2.89. The van der Waals surface area contributed by atoms with Crippen LogP contribution in [0.1, 0.15) is 28.8 Å². The maximum absolute atomic E-state index is 12.9. The maximum Gasteiger partial charge on any atom is 0.451 e. The Balaban J connectivity index is 2.49. The van der Waals surface area contributed by atoms with Crippen LogP contribution in [-0.2, 0) is 17.1 Å². The van der Waals surface area contributed by atoms with Crippen LogP contribution in [0.4, 0.5) is 26.3 Å². The molecule has 0 aromatic carbocycles. The largest absolute Gasteiger partial charge is 0.462 e. The Morgan fingerprint density at radius 1 is 0.960 bits per heavy atom. The van der Waals surface area contributed by atoms with E-state index in [1.54, 1.807) is 0 Å². The van der Waals surface area contributed by atoms with E-state index in [-0.39, 0.29) is 17.7 Å². The Morgan fingerprint density at radius 2 is 1.52 bits per heavy atom. The molecule has 0 aliphatic rings. The minimum absolute atomic E-state index is 0.0419. The summed E-state index contributed by atoms with van der Waals surface area (Å²) in [4.78, 5) is 21.1. The molecule has 134 valence electrons. The molecule has 0 saturated heterocycles. The standard InChI is InChI=1S/C14H9F6N3O2/c1-2-25-11(24)9-3-7(4-21-10(9)13(15,16)17)8-5-22-12(23-6-8)14(18,19)20/h3-6H,2H2,1H3. The second-order valence-electron chi connectivity index (χ2n) is 4.63. The van der Waals surface area contributed by atoms with E-state index >= 15 is 0 Å². The second kappa shape index (κ2) is 6.65. The highest BCUT2D eigenvalue weighted by Gasteiger charge is 2.38. The molecule has 0 fully saturated rings. The molecule has 0 unspecified atom stereocenters. The first kappa shape index (κ1) is 18.6. The van der Waals surface area contributed by atoms with Crippen LogP contribution in [0.5, 0.6) is 0 Å². The molecular formula is C14H9F6N3O2. The van der Waals surface area contributed by atoms with Gasteiger partial charge >= 0.3 is 18.3 Å². The van der Waals surface area contributed by atoms with Crippen molar-refractivity contribution in [2.45, 2.75) is 19.3 Å². The van der Waals surface area contributed by atoms with Crippen molar-refractivity contribution in [2.24, 2.45) is 0 Å². The van der Waals surface area contributed by atoms with Crippen LogP contribution in [0.15, 0.2) is 24.7 Å². The Hall–Kier alpha value is -2.72. The van der Waals surface area contributed by atoms with Gasteiger partial charge in [-0.25, -0.2) is 14.8 Å². The van der Waals surface area contributed by atoms with Crippen molar-refractivity contribution >= 4 is 5.97 Å². The highest BCUT2D eigenvalue weighted by molar-refractivity contribution is 5.92. The summed E-state index contributed by atoms with van der Waals surface area (Å²) in [5.41, 5.74) is -2.42. The van der Waals surface area contributed by atoms with Crippen LogP contribution in [-0.4, -0.2) is 27.5 Å². The zero-order valence-corrected chi connectivity index (χ0v) is 12.4. The van der Waals surface area contributed by atoms with Gasteiger partial charge in [-0.2, -0.15) is 26.3 Å². The molecule has 0 amide bonds. The molecule has 0 N–H and O–H groups in total. The fourth-order valence-electron chi connectivity index (χ4n) is 1.84. The number of esters is 1. The van der Waals surface area contributed by atoms with Gasteiger partial charge in [-0.05, 0) is 13.0 Å². The van der Waals surface area contributed by atoms with Gasteiger partial charge in [0.1, 0.15) is 0 Å². The normalized spacial score (nSPS) is 12.1. The number of halogens is 6. The summed E-state index contributed by atoms with van der Waals surface area (Å²) in [6.45, 7) is 1.25. The summed E-state index contributed by atoms with van der Waals surface area (Å²) in [5.74, 6) is -2.65. The molecule has 0 radical (unpaired) electrons. The molecule has 0 aliphatic heterocycles. The number of pyridine rings is 1. The molecule has 0 bridgehead atoms. The highest BCUT2D eigenvalue weighted by Crippen LogP contribution is 2.33. The predicted molar refractivity (Wildman–Crippen MR) is 71.2 cm³/mol. The van der Waals surface area contributed by atoms with Crippen molar-refractivity contribution in [3.05, 3.63) is 41.7 Å². The van der Waals surface area contributed by atoms with Gasteiger partial charge in [-0.1, -0.05) is 0 Å². The van der Waals surface area contributed by atoms with Gasteiger partial charge in [-0.15, -0.1) is 0 Å². The molecule has 0 spiro atoms. The molecule has 25 heavy (non-hydrogen) atoms. The maximum atomic E-state index is 12.9. The minimum atomic E-state index is -4.91. The zero-order valence-electron chi connectivity index (χ0n) is 12.4. The summed E-state index contributed by atoms with van der Waals surface area (Å²) >= 11 is 0. The third kappa shape index (κ3) is 4.22. The van der Waals surface area contributed by atoms with Gasteiger partial charge in [0, 0.05) is 29.7 Å². The number of nitrogens with zero attached hydrogens (tertiary/aromatic N) is 3. The molecule has 11 heteroatoms. The van der Waals surface area contributed by atoms with Gasteiger partial charge < -0.3 is 4.74 Å². The number of alkyl halides is 6. The molecule has 2 aromatic rings. The lowest BCUT2D eigenvalue weighted by Crippen LogP contribution is -2.17. The van der Waals surface area contributed by atoms with E-state index in [2.05, 4.69) is 19.7 Å². The van der Waals surface area contributed by atoms with Crippen LogP contribution in [0.25, 0.3) is 11.1 Å². The number of hydrogen-bond acceptors (Lipinski definition) is 5. The number of aromatic nitrogens is 3. The Kier molecular flexibility index (Phi) is 4.95. The van der Waals surface area contributed by atoms with Gasteiger partial charge in [0.2, 0.25) is 5.82 Å². The highest BCUT2D eigenvalue weighted by atomic mass is 19.4. The molecule has 5 nitrogen and oxygen atoms in total. The number of carbonyl (C=O) groups is 1. The number of rotatable bonds is 3. The van der Waals surface area contributed by atoms with Crippen LogP contribution >= 0.6 is 0 Å². The fourth-order valence-corrected chi connectivity index (χ4v) is 1.84. The summed E-state index contributed by atoms with van der Waals surface area (Å²) < 4.78 is 80.7.